The molecule has 0 aliphatic carbocycles. The van der Waals surface area contributed by atoms with Gasteiger partial charge in [-0.15, -0.1) is 0 Å². The maximum atomic E-state index is 12.9. The number of amides is 2. The Labute approximate surface area is 190 Å². The standard InChI is InChI=1S/C25H22N4O4/c1-16-6-3-8-18(12-16)23-28-22(33-29-23)15-26-25(31)21(14-20-10-5-11-32-20)27-24(30)19-9-4-7-17(2)13-19/h3-14H,15H2,1-2H3,(H,26,31)(H,27,30)/b21-14-. The Balaban J connectivity index is 1.47. The highest BCUT2D eigenvalue weighted by atomic mass is 16.5. The minimum Gasteiger partial charge on any atom is -0.465 e. The van der Waals surface area contributed by atoms with Crippen molar-refractivity contribution >= 4 is 17.9 Å². The Bertz CT molecular complexity index is 1310. The molecule has 0 saturated heterocycles. The molecule has 2 heterocycles. The Kier molecular flexibility index (Phi) is 6.45. The molecule has 0 atom stereocenters. The molecular weight excluding hydrogens is 420 g/mol. The summed E-state index contributed by atoms with van der Waals surface area (Å²) in [6.45, 7) is 3.86. The number of rotatable bonds is 7. The summed E-state index contributed by atoms with van der Waals surface area (Å²) >= 11 is 0. The molecule has 0 aliphatic rings. The molecule has 0 radical (unpaired) electrons. The van der Waals surface area contributed by atoms with Gasteiger partial charge in [-0.1, -0.05) is 46.6 Å². The molecule has 166 valence electrons. The lowest BCUT2D eigenvalue weighted by atomic mass is 10.1. The van der Waals surface area contributed by atoms with E-state index in [1.54, 1.807) is 30.3 Å². The van der Waals surface area contributed by atoms with Crippen LogP contribution in [-0.4, -0.2) is 22.0 Å². The zero-order chi connectivity index (χ0) is 23.2. The van der Waals surface area contributed by atoms with E-state index in [-0.39, 0.29) is 18.1 Å². The summed E-state index contributed by atoms with van der Waals surface area (Å²) in [4.78, 5) is 29.9. The lowest BCUT2D eigenvalue weighted by Gasteiger charge is -2.10. The van der Waals surface area contributed by atoms with Crippen molar-refractivity contribution < 1.29 is 18.5 Å². The number of carbonyl (C=O) groups excluding carboxylic acids is 2. The summed E-state index contributed by atoms with van der Waals surface area (Å²) < 4.78 is 10.6. The average molecular weight is 442 g/mol. The molecule has 0 spiro atoms. The molecule has 2 N–H and O–H groups in total. The third kappa shape index (κ3) is 5.62. The van der Waals surface area contributed by atoms with E-state index >= 15 is 0 Å². The summed E-state index contributed by atoms with van der Waals surface area (Å²) in [6, 6.07) is 18.2. The fourth-order valence-corrected chi connectivity index (χ4v) is 3.13. The first-order valence-electron chi connectivity index (χ1n) is 10.3. The Morgan fingerprint density at radius 2 is 1.79 bits per heavy atom. The number of furan rings is 1. The number of carbonyl (C=O) groups is 2. The van der Waals surface area contributed by atoms with Crippen LogP contribution in [0.2, 0.25) is 0 Å². The Morgan fingerprint density at radius 1 is 1.00 bits per heavy atom. The van der Waals surface area contributed by atoms with Gasteiger partial charge in [0.05, 0.1) is 12.8 Å². The molecule has 2 aromatic carbocycles. The SMILES string of the molecule is Cc1cccc(C(=O)N/C(=C\c2ccco2)C(=O)NCc2nc(-c3cccc(C)c3)no2)c1. The van der Waals surface area contributed by atoms with Crippen LogP contribution in [-0.2, 0) is 11.3 Å². The van der Waals surface area contributed by atoms with Crippen molar-refractivity contribution in [2.24, 2.45) is 0 Å². The van der Waals surface area contributed by atoms with Crippen LogP contribution in [0, 0.1) is 13.8 Å². The Hall–Kier alpha value is -4.46. The summed E-state index contributed by atoms with van der Waals surface area (Å²) in [7, 11) is 0. The first-order valence-corrected chi connectivity index (χ1v) is 10.3. The minimum absolute atomic E-state index is 0.00649. The maximum absolute atomic E-state index is 12.9. The maximum Gasteiger partial charge on any atom is 0.268 e. The van der Waals surface area contributed by atoms with Crippen molar-refractivity contribution in [3.05, 3.63) is 101 Å². The van der Waals surface area contributed by atoms with Crippen LogP contribution in [0.1, 0.15) is 33.1 Å². The van der Waals surface area contributed by atoms with E-state index in [9.17, 15) is 9.59 Å². The van der Waals surface area contributed by atoms with Crippen molar-refractivity contribution in [3.63, 3.8) is 0 Å². The normalized spacial score (nSPS) is 11.3. The first kappa shape index (κ1) is 21.8. The fourth-order valence-electron chi connectivity index (χ4n) is 3.13. The molecule has 8 heteroatoms. The summed E-state index contributed by atoms with van der Waals surface area (Å²) in [5.41, 5.74) is 3.29. The largest absolute Gasteiger partial charge is 0.465 e. The quantitative estimate of drug-likeness (QED) is 0.418. The predicted octanol–water partition coefficient (Wildman–Crippen LogP) is 4.03. The summed E-state index contributed by atoms with van der Waals surface area (Å²) in [6.07, 6.45) is 2.93. The van der Waals surface area contributed by atoms with Gasteiger partial charge in [-0.25, -0.2) is 0 Å². The lowest BCUT2D eigenvalue weighted by molar-refractivity contribution is -0.118. The molecule has 0 aliphatic heterocycles. The summed E-state index contributed by atoms with van der Waals surface area (Å²) in [5.74, 6) is 0.155. The van der Waals surface area contributed by atoms with Gasteiger partial charge in [-0.05, 0) is 44.2 Å². The number of aromatic nitrogens is 2. The van der Waals surface area contributed by atoms with Crippen LogP contribution in [0.3, 0.4) is 0 Å². The van der Waals surface area contributed by atoms with Gasteiger partial charge >= 0.3 is 0 Å². The van der Waals surface area contributed by atoms with E-state index in [0.29, 0.717) is 17.1 Å². The van der Waals surface area contributed by atoms with Gasteiger partial charge in [0.1, 0.15) is 11.5 Å². The van der Waals surface area contributed by atoms with Crippen LogP contribution < -0.4 is 10.6 Å². The number of benzene rings is 2. The van der Waals surface area contributed by atoms with Crippen molar-refractivity contribution in [1.82, 2.24) is 20.8 Å². The molecule has 33 heavy (non-hydrogen) atoms. The van der Waals surface area contributed by atoms with Crippen LogP contribution in [0.4, 0.5) is 0 Å². The molecule has 0 bridgehead atoms. The molecule has 4 rings (SSSR count). The van der Waals surface area contributed by atoms with Crippen LogP contribution >= 0.6 is 0 Å². The van der Waals surface area contributed by atoms with Crippen molar-refractivity contribution in [2.75, 3.05) is 0 Å². The van der Waals surface area contributed by atoms with Gasteiger partial charge in [0, 0.05) is 17.2 Å². The van der Waals surface area contributed by atoms with Crippen molar-refractivity contribution in [3.8, 4) is 11.4 Å². The summed E-state index contributed by atoms with van der Waals surface area (Å²) in [5, 5.41) is 9.32. The molecule has 4 aromatic rings. The lowest BCUT2D eigenvalue weighted by Crippen LogP contribution is -2.34. The van der Waals surface area contributed by atoms with E-state index in [1.165, 1.54) is 12.3 Å². The first-order chi connectivity index (χ1) is 16.0. The fraction of sp³-hybridized carbons (Fsp3) is 0.120. The highest BCUT2D eigenvalue weighted by Crippen LogP contribution is 2.17. The number of aryl methyl sites for hydroxylation is 2. The van der Waals surface area contributed by atoms with Gasteiger partial charge in [-0.3, -0.25) is 9.59 Å². The van der Waals surface area contributed by atoms with Gasteiger partial charge in [0.2, 0.25) is 11.7 Å². The van der Waals surface area contributed by atoms with Gasteiger partial charge < -0.3 is 19.6 Å². The Morgan fingerprint density at radius 3 is 2.52 bits per heavy atom. The smallest absolute Gasteiger partial charge is 0.268 e. The molecule has 0 saturated carbocycles. The number of nitrogens with zero attached hydrogens (tertiary/aromatic N) is 2. The number of hydrogen-bond donors (Lipinski definition) is 2. The van der Waals surface area contributed by atoms with Gasteiger partial charge in [0.15, 0.2) is 0 Å². The highest BCUT2D eigenvalue weighted by molar-refractivity contribution is 6.05. The van der Waals surface area contributed by atoms with Gasteiger partial charge in [-0.2, -0.15) is 4.98 Å². The third-order valence-electron chi connectivity index (χ3n) is 4.75. The zero-order valence-corrected chi connectivity index (χ0v) is 18.2. The second kappa shape index (κ2) is 9.78. The molecule has 0 fully saturated rings. The van der Waals surface area contributed by atoms with Crippen LogP contribution in [0.25, 0.3) is 17.5 Å². The monoisotopic (exact) mass is 442 g/mol. The highest BCUT2D eigenvalue weighted by Gasteiger charge is 2.17. The zero-order valence-electron chi connectivity index (χ0n) is 18.2. The van der Waals surface area contributed by atoms with Crippen molar-refractivity contribution in [2.45, 2.75) is 20.4 Å². The predicted molar refractivity (Wildman–Crippen MR) is 122 cm³/mol. The van der Waals surface area contributed by atoms with E-state index in [4.69, 9.17) is 8.94 Å². The number of nitrogens with one attached hydrogen (secondary N) is 2. The third-order valence-corrected chi connectivity index (χ3v) is 4.75. The second-order valence-corrected chi connectivity index (χ2v) is 7.46. The van der Waals surface area contributed by atoms with E-state index in [2.05, 4.69) is 20.8 Å². The molecule has 0 unspecified atom stereocenters. The molecule has 2 aromatic heterocycles. The molecular formula is C25H22N4O4. The molecule has 2 amide bonds. The van der Waals surface area contributed by atoms with Crippen LogP contribution in [0.5, 0.6) is 0 Å². The minimum atomic E-state index is -0.525. The van der Waals surface area contributed by atoms with Gasteiger partial charge in [0.25, 0.3) is 11.8 Å². The van der Waals surface area contributed by atoms with E-state index in [0.717, 1.165) is 16.7 Å². The second-order valence-electron chi connectivity index (χ2n) is 7.46. The van der Waals surface area contributed by atoms with E-state index < -0.39 is 11.8 Å². The van der Waals surface area contributed by atoms with Crippen molar-refractivity contribution in [1.29, 1.82) is 0 Å². The molecule has 8 nitrogen and oxygen atoms in total. The number of hydrogen-bond acceptors (Lipinski definition) is 6. The van der Waals surface area contributed by atoms with Crippen LogP contribution in [0.15, 0.2) is 81.6 Å². The van der Waals surface area contributed by atoms with E-state index in [1.807, 2.05) is 44.2 Å². The average Bonchev–Trinajstić information content (AvgIpc) is 3.49. The topological polar surface area (TPSA) is 110 Å².